The van der Waals surface area contributed by atoms with Crippen molar-refractivity contribution < 1.29 is 0 Å². The smallest absolute Gasteiger partial charge is 0.261 e. The molecule has 0 bridgehead atoms. The number of nitrogens with one attached hydrogen (secondary N) is 1. The van der Waals surface area contributed by atoms with E-state index in [4.69, 9.17) is 0 Å². The van der Waals surface area contributed by atoms with E-state index in [1.54, 1.807) is 11.6 Å². The second kappa shape index (κ2) is 6.12. The average Bonchev–Trinajstić information content (AvgIpc) is 2.57. The molecule has 1 heterocycles. The van der Waals surface area contributed by atoms with Gasteiger partial charge in [-0.1, -0.05) is 42.5 Å². The van der Waals surface area contributed by atoms with Gasteiger partial charge in [0.25, 0.3) is 5.56 Å². The van der Waals surface area contributed by atoms with Gasteiger partial charge in [-0.2, -0.15) is 0 Å². The molecule has 3 rings (SSSR count). The first-order valence-corrected chi connectivity index (χ1v) is 7.40. The van der Waals surface area contributed by atoms with Crippen molar-refractivity contribution in [2.45, 2.75) is 19.5 Å². The van der Waals surface area contributed by atoms with Crippen LogP contribution in [0.25, 0.3) is 10.9 Å². The van der Waals surface area contributed by atoms with Crippen molar-refractivity contribution in [3.63, 3.8) is 0 Å². The lowest BCUT2D eigenvalue weighted by molar-refractivity contribution is 0.542. The zero-order valence-corrected chi connectivity index (χ0v) is 12.8. The van der Waals surface area contributed by atoms with Gasteiger partial charge in [-0.15, -0.1) is 0 Å². The van der Waals surface area contributed by atoms with Crippen LogP contribution in [0, 0.1) is 0 Å². The Bertz CT molecular complexity index is 840. The van der Waals surface area contributed by atoms with E-state index in [-0.39, 0.29) is 11.6 Å². The van der Waals surface area contributed by atoms with Gasteiger partial charge >= 0.3 is 0 Å². The van der Waals surface area contributed by atoms with Gasteiger partial charge in [0.1, 0.15) is 5.82 Å². The Hall–Kier alpha value is -2.46. The van der Waals surface area contributed by atoms with E-state index in [2.05, 4.69) is 29.4 Å². The molecular weight excluding hydrogens is 274 g/mol. The normalized spacial score (nSPS) is 12.5. The Kier molecular flexibility index (Phi) is 4.02. The highest BCUT2D eigenvalue weighted by atomic mass is 16.1. The molecule has 0 saturated heterocycles. The lowest BCUT2D eigenvalue weighted by Crippen LogP contribution is -2.27. The molecule has 0 aliphatic heterocycles. The highest BCUT2D eigenvalue weighted by Gasteiger charge is 2.09. The Morgan fingerprint density at radius 2 is 1.77 bits per heavy atom. The van der Waals surface area contributed by atoms with Crippen molar-refractivity contribution in [3.05, 3.63) is 76.3 Å². The molecule has 3 aromatic rings. The molecule has 0 aliphatic carbocycles. The molecule has 2 aromatic carbocycles. The number of rotatable bonds is 4. The van der Waals surface area contributed by atoms with E-state index in [0.29, 0.717) is 11.9 Å². The third-order valence-corrected chi connectivity index (χ3v) is 3.94. The van der Waals surface area contributed by atoms with Crippen molar-refractivity contribution in [2.75, 3.05) is 0 Å². The van der Waals surface area contributed by atoms with Crippen molar-refractivity contribution in [2.24, 2.45) is 7.05 Å². The van der Waals surface area contributed by atoms with Gasteiger partial charge in [0.15, 0.2) is 0 Å². The van der Waals surface area contributed by atoms with Crippen LogP contribution in [-0.4, -0.2) is 9.55 Å². The quantitative estimate of drug-likeness (QED) is 0.804. The first kappa shape index (κ1) is 14.5. The number of para-hydroxylation sites is 1. The second-order valence-electron chi connectivity index (χ2n) is 5.42. The van der Waals surface area contributed by atoms with Gasteiger partial charge < -0.3 is 5.32 Å². The SMILES string of the molecule is C[C@@H](NCc1nc2ccccc2c(=O)n1C)c1ccccc1. The molecule has 0 amide bonds. The third kappa shape index (κ3) is 2.78. The summed E-state index contributed by atoms with van der Waals surface area (Å²) in [5.74, 6) is 0.742. The summed E-state index contributed by atoms with van der Waals surface area (Å²) >= 11 is 0. The summed E-state index contributed by atoms with van der Waals surface area (Å²) in [6.45, 7) is 2.65. The number of fused-ring (bicyclic) bond motifs is 1. The van der Waals surface area contributed by atoms with Crippen molar-refractivity contribution in [1.82, 2.24) is 14.9 Å². The lowest BCUT2D eigenvalue weighted by Gasteiger charge is -2.15. The standard InChI is InChI=1S/C18H19N3O/c1-13(14-8-4-3-5-9-14)19-12-17-20-16-11-7-6-10-15(16)18(22)21(17)2/h3-11,13,19H,12H2,1-2H3/t13-/m1/s1. The minimum absolute atomic E-state index is 0.00485. The van der Waals surface area contributed by atoms with Crippen molar-refractivity contribution in [1.29, 1.82) is 0 Å². The summed E-state index contributed by atoms with van der Waals surface area (Å²) in [5, 5.41) is 4.08. The summed E-state index contributed by atoms with van der Waals surface area (Å²) < 4.78 is 1.62. The molecule has 112 valence electrons. The van der Waals surface area contributed by atoms with Crippen LogP contribution in [0.3, 0.4) is 0 Å². The maximum absolute atomic E-state index is 12.4. The molecule has 0 aliphatic rings. The highest BCUT2D eigenvalue weighted by molar-refractivity contribution is 5.77. The topological polar surface area (TPSA) is 46.9 Å². The molecule has 0 saturated carbocycles. The molecule has 1 N–H and O–H groups in total. The number of aromatic nitrogens is 2. The molecule has 4 nitrogen and oxygen atoms in total. The van der Waals surface area contributed by atoms with E-state index in [1.807, 2.05) is 42.5 Å². The van der Waals surface area contributed by atoms with Crippen LogP contribution >= 0.6 is 0 Å². The number of hydrogen-bond donors (Lipinski definition) is 1. The van der Waals surface area contributed by atoms with Crippen LogP contribution in [0.4, 0.5) is 0 Å². The van der Waals surface area contributed by atoms with Crippen LogP contribution in [0.1, 0.15) is 24.4 Å². The Balaban J connectivity index is 1.85. The van der Waals surface area contributed by atoms with Crippen LogP contribution in [0.2, 0.25) is 0 Å². The van der Waals surface area contributed by atoms with Crippen LogP contribution in [-0.2, 0) is 13.6 Å². The Labute approximate surface area is 129 Å². The fourth-order valence-corrected chi connectivity index (χ4v) is 2.53. The number of benzene rings is 2. The van der Waals surface area contributed by atoms with Crippen LogP contribution < -0.4 is 10.9 Å². The van der Waals surface area contributed by atoms with E-state index < -0.39 is 0 Å². The zero-order chi connectivity index (χ0) is 15.5. The van der Waals surface area contributed by atoms with Crippen molar-refractivity contribution in [3.8, 4) is 0 Å². The fourth-order valence-electron chi connectivity index (χ4n) is 2.53. The van der Waals surface area contributed by atoms with E-state index >= 15 is 0 Å². The van der Waals surface area contributed by atoms with E-state index in [1.165, 1.54) is 5.56 Å². The molecule has 22 heavy (non-hydrogen) atoms. The monoisotopic (exact) mass is 293 g/mol. The molecule has 0 fully saturated rings. The average molecular weight is 293 g/mol. The minimum Gasteiger partial charge on any atom is -0.303 e. The van der Waals surface area contributed by atoms with Crippen LogP contribution in [0.5, 0.6) is 0 Å². The molecule has 0 radical (unpaired) electrons. The summed E-state index contributed by atoms with van der Waals surface area (Å²) in [6.07, 6.45) is 0. The van der Waals surface area contributed by atoms with Gasteiger partial charge in [-0.3, -0.25) is 9.36 Å². The summed E-state index contributed by atoms with van der Waals surface area (Å²) in [4.78, 5) is 17.0. The third-order valence-electron chi connectivity index (χ3n) is 3.94. The first-order chi connectivity index (χ1) is 10.7. The second-order valence-corrected chi connectivity index (χ2v) is 5.42. The maximum Gasteiger partial charge on any atom is 0.261 e. The number of nitrogens with zero attached hydrogens (tertiary/aromatic N) is 2. The Morgan fingerprint density at radius 3 is 2.55 bits per heavy atom. The van der Waals surface area contributed by atoms with Gasteiger partial charge in [0.2, 0.25) is 0 Å². The van der Waals surface area contributed by atoms with Gasteiger partial charge in [-0.25, -0.2) is 4.98 Å². The molecule has 0 unspecified atom stereocenters. The molecule has 0 spiro atoms. The molecule has 1 aromatic heterocycles. The highest BCUT2D eigenvalue weighted by Crippen LogP contribution is 2.12. The van der Waals surface area contributed by atoms with E-state index in [9.17, 15) is 4.79 Å². The van der Waals surface area contributed by atoms with Gasteiger partial charge in [0, 0.05) is 13.1 Å². The van der Waals surface area contributed by atoms with Gasteiger partial charge in [0.05, 0.1) is 17.4 Å². The summed E-state index contributed by atoms with van der Waals surface area (Å²) in [5.41, 5.74) is 1.96. The van der Waals surface area contributed by atoms with E-state index in [0.717, 1.165) is 11.3 Å². The van der Waals surface area contributed by atoms with Gasteiger partial charge in [-0.05, 0) is 24.6 Å². The lowest BCUT2D eigenvalue weighted by atomic mass is 10.1. The number of hydrogen-bond acceptors (Lipinski definition) is 3. The first-order valence-electron chi connectivity index (χ1n) is 7.40. The minimum atomic E-state index is -0.00485. The predicted molar refractivity (Wildman–Crippen MR) is 88.7 cm³/mol. The summed E-state index contributed by atoms with van der Waals surface area (Å²) in [7, 11) is 1.77. The molecular formula is C18H19N3O. The maximum atomic E-state index is 12.4. The fraction of sp³-hybridized carbons (Fsp3) is 0.222. The van der Waals surface area contributed by atoms with Crippen LogP contribution in [0.15, 0.2) is 59.4 Å². The predicted octanol–water partition coefficient (Wildman–Crippen LogP) is 2.78. The molecule has 1 atom stereocenters. The molecule has 4 heteroatoms. The Morgan fingerprint density at radius 1 is 1.09 bits per heavy atom. The largest absolute Gasteiger partial charge is 0.303 e. The zero-order valence-electron chi connectivity index (χ0n) is 12.8. The summed E-state index contributed by atoms with van der Waals surface area (Å²) in [6, 6.07) is 17.9. The van der Waals surface area contributed by atoms with Crippen molar-refractivity contribution >= 4 is 10.9 Å².